The van der Waals surface area contributed by atoms with E-state index in [2.05, 4.69) is 10.3 Å². The quantitative estimate of drug-likeness (QED) is 0.695. The van der Waals surface area contributed by atoms with Gasteiger partial charge in [-0.15, -0.1) is 0 Å². The number of aromatic nitrogens is 1. The number of thiocarbonyl (C=S) groups is 1. The second-order valence-corrected chi connectivity index (χ2v) is 5.36. The van der Waals surface area contributed by atoms with Gasteiger partial charge in [-0.1, -0.05) is 12.2 Å². The Kier molecular flexibility index (Phi) is 3.99. The monoisotopic (exact) mass is 278 g/mol. The number of carbonyl (C=O) groups is 1. The van der Waals surface area contributed by atoms with E-state index in [-0.39, 0.29) is 18.4 Å². The molecule has 5 nitrogen and oxygen atoms in total. The van der Waals surface area contributed by atoms with Crippen LogP contribution in [0.1, 0.15) is 36.6 Å². The molecule has 1 aliphatic carbocycles. The fraction of sp³-hybridized carbons (Fsp3) is 0.462. The average Bonchev–Trinajstić information content (AvgIpc) is 2.73. The SMILES string of the molecule is CC(CC(N)=O)Nc1nc2c(cc1C(N)=S)CCC2. The van der Waals surface area contributed by atoms with Crippen LogP contribution >= 0.6 is 12.2 Å². The molecule has 5 N–H and O–H groups in total. The van der Waals surface area contributed by atoms with E-state index in [9.17, 15) is 4.79 Å². The highest BCUT2D eigenvalue weighted by atomic mass is 32.1. The van der Waals surface area contributed by atoms with E-state index in [1.807, 2.05) is 13.0 Å². The summed E-state index contributed by atoms with van der Waals surface area (Å²) in [5.41, 5.74) is 14.0. The first-order chi connectivity index (χ1) is 8.97. The summed E-state index contributed by atoms with van der Waals surface area (Å²) < 4.78 is 0. The van der Waals surface area contributed by atoms with Crippen LogP contribution in [0.2, 0.25) is 0 Å². The molecule has 0 bridgehead atoms. The lowest BCUT2D eigenvalue weighted by Gasteiger charge is -2.17. The molecule has 0 fully saturated rings. The zero-order valence-electron chi connectivity index (χ0n) is 10.9. The van der Waals surface area contributed by atoms with E-state index >= 15 is 0 Å². The number of carbonyl (C=O) groups excluding carboxylic acids is 1. The van der Waals surface area contributed by atoms with E-state index < -0.39 is 0 Å². The van der Waals surface area contributed by atoms with Gasteiger partial charge in [-0.25, -0.2) is 4.98 Å². The minimum Gasteiger partial charge on any atom is -0.389 e. The van der Waals surface area contributed by atoms with Crippen molar-refractivity contribution < 1.29 is 4.79 Å². The molecule has 0 saturated heterocycles. The number of amides is 1. The van der Waals surface area contributed by atoms with Crippen molar-refractivity contribution >= 4 is 28.9 Å². The minimum atomic E-state index is -0.349. The van der Waals surface area contributed by atoms with Gasteiger partial charge in [0.2, 0.25) is 5.91 Å². The highest BCUT2D eigenvalue weighted by Gasteiger charge is 2.18. The van der Waals surface area contributed by atoms with E-state index in [0.717, 1.165) is 30.5 Å². The lowest BCUT2D eigenvalue weighted by Crippen LogP contribution is -2.26. The number of nitrogens with zero attached hydrogens (tertiary/aromatic N) is 1. The van der Waals surface area contributed by atoms with Gasteiger partial charge < -0.3 is 16.8 Å². The number of nitrogens with two attached hydrogens (primary N) is 2. The molecule has 1 unspecified atom stereocenters. The van der Waals surface area contributed by atoms with Crippen molar-refractivity contribution in [2.75, 3.05) is 5.32 Å². The van der Waals surface area contributed by atoms with Crippen LogP contribution in [0.5, 0.6) is 0 Å². The molecule has 1 amide bonds. The highest BCUT2D eigenvalue weighted by Crippen LogP contribution is 2.25. The Bertz CT molecular complexity index is 530. The zero-order valence-corrected chi connectivity index (χ0v) is 11.7. The van der Waals surface area contributed by atoms with Gasteiger partial charge in [0, 0.05) is 18.2 Å². The van der Waals surface area contributed by atoms with Crippen molar-refractivity contribution in [2.45, 2.75) is 38.6 Å². The van der Waals surface area contributed by atoms with E-state index in [1.165, 1.54) is 5.56 Å². The average molecular weight is 278 g/mol. The third-order valence-electron chi connectivity index (χ3n) is 3.21. The molecule has 0 aromatic carbocycles. The van der Waals surface area contributed by atoms with Crippen molar-refractivity contribution in [3.05, 3.63) is 22.9 Å². The Morgan fingerprint density at radius 1 is 1.53 bits per heavy atom. The van der Waals surface area contributed by atoms with Crippen LogP contribution in [0.25, 0.3) is 0 Å². The molecule has 0 radical (unpaired) electrons. The van der Waals surface area contributed by atoms with Crippen molar-refractivity contribution in [3.8, 4) is 0 Å². The molecule has 1 aromatic heterocycles. The normalized spacial score (nSPS) is 14.8. The minimum absolute atomic E-state index is 0.0995. The summed E-state index contributed by atoms with van der Waals surface area (Å²) in [6, 6.07) is 1.91. The van der Waals surface area contributed by atoms with Crippen molar-refractivity contribution in [2.24, 2.45) is 11.5 Å². The summed E-state index contributed by atoms with van der Waals surface area (Å²) in [6.45, 7) is 1.88. The number of pyridine rings is 1. The van der Waals surface area contributed by atoms with Gasteiger partial charge >= 0.3 is 0 Å². The van der Waals surface area contributed by atoms with Gasteiger partial charge in [0.05, 0.1) is 5.56 Å². The van der Waals surface area contributed by atoms with E-state index in [1.54, 1.807) is 0 Å². The summed E-state index contributed by atoms with van der Waals surface area (Å²) in [7, 11) is 0. The third-order valence-corrected chi connectivity index (χ3v) is 3.43. The number of fused-ring (bicyclic) bond motifs is 1. The number of nitrogens with one attached hydrogen (secondary N) is 1. The molecule has 102 valence electrons. The van der Waals surface area contributed by atoms with Crippen LogP contribution in [-0.4, -0.2) is 21.9 Å². The summed E-state index contributed by atoms with van der Waals surface area (Å²) in [5, 5.41) is 3.17. The van der Waals surface area contributed by atoms with E-state index in [0.29, 0.717) is 10.8 Å². The van der Waals surface area contributed by atoms with Gasteiger partial charge in [0.15, 0.2) is 0 Å². The van der Waals surface area contributed by atoms with Gasteiger partial charge in [0.1, 0.15) is 10.8 Å². The fourth-order valence-corrected chi connectivity index (χ4v) is 2.51. The number of anilines is 1. The highest BCUT2D eigenvalue weighted by molar-refractivity contribution is 7.80. The second-order valence-electron chi connectivity index (χ2n) is 4.92. The number of aryl methyl sites for hydroxylation is 2. The maximum atomic E-state index is 10.9. The molecular weight excluding hydrogens is 260 g/mol. The molecule has 2 rings (SSSR count). The number of hydrogen-bond donors (Lipinski definition) is 3. The van der Waals surface area contributed by atoms with Crippen LogP contribution in [-0.2, 0) is 17.6 Å². The van der Waals surface area contributed by atoms with Crippen LogP contribution in [0.3, 0.4) is 0 Å². The Morgan fingerprint density at radius 3 is 2.89 bits per heavy atom. The summed E-state index contributed by atoms with van der Waals surface area (Å²) >= 11 is 5.07. The first kappa shape index (κ1) is 13.7. The first-order valence-corrected chi connectivity index (χ1v) is 6.75. The smallest absolute Gasteiger partial charge is 0.219 e. The summed E-state index contributed by atoms with van der Waals surface area (Å²) in [6.07, 6.45) is 3.36. The molecule has 1 atom stereocenters. The van der Waals surface area contributed by atoms with Gasteiger partial charge in [-0.3, -0.25) is 4.79 Å². The van der Waals surface area contributed by atoms with Crippen molar-refractivity contribution in [1.82, 2.24) is 4.98 Å². The molecule has 0 aliphatic heterocycles. The molecule has 1 heterocycles. The topological polar surface area (TPSA) is 94.0 Å². The van der Waals surface area contributed by atoms with Crippen molar-refractivity contribution in [1.29, 1.82) is 0 Å². The maximum Gasteiger partial charge on any atom is 0.219 e. The Labute approximate surface area is 117 Å². The lowest BCUT2D eigenvalue weighted by atomic mass is 10.1. The van der Waals surface area contributed by atoms with E-state index in [4.69, 9.17) is 23.7 Å². The van der Waals surface area contributed by atoms with Crippen LogP contribution in [0.15, 0.2) is 6.07 Å². The molecule has 0 spiro atoms. The third kappa shape index (κ3) is 3.20. The molecular formula is C13H18N4OS. The fourth-order valence-electron chi connectivity index (χ4n) is 2.36. The van der Waals surface area contributed by atoms with Gasteiger partial charge in [0.25, 0.3) is 0 Å². The number of rotatable bonds is 5. The largest absolute Gasteiger partial charge is 0.389 e. The van der Waals surface area contributed by atoms with Gasteiger partial charge in [-0.05, 0) is 37.8 Å². The molecule has 0 saturated carbocycles. The Morgan fingerprint density at radius 2 is 2.26 bits per heavy atom. The number of hydrogen-bond acceptors (Lipinski definition) is 4. The molecule has 1 aliphatic rings. The lowest BCUT2D eigenvalue weighted by molar-refractivity contribution is -0.118. The summed E-state index contributed by atoms with van der Waals surface area (Å²) in [5.74, 6) is 0.305. The van der Waals surface area contributed by atoms with Crippen LogP contribution in [0.4, 0.5) is 5.82 Å². The predicted octanol–water partition coefficient (Wildman–Crippen LogP) is 0.880. The first-order valence-electron chi connectivity index (χ1n) is 6.35. The Hall–Kier alpha value is -1.69. The van der Waals surface area contributed by atoms with Crippen LogP contribution in [0, 0.1) is 0 Å². The Balaban J connectivity index is 2.28. The number of primary amides is 1. The molecule has 6 heteroatoms. The maximum absolute atomic E-state index is 10.9. The zero-order chi connectivity index (χ0) is 14.0. The predicted molar refractivity (Wildman–Crippen MR) is 79.0 cm³/mol. The second kappa shape index (κ2) is 5.52. The van der Waals surface area contributed by atoms with Crippen LogP contribution < -0.4 is 16.8 Å². The summed E-state index contributed by atoms with van der Waals surface area (Å²) in [4.78, 5) is 15.8. The standard InChI is InChI=1S/C13H18N4OS/c1-7(5-11(14)18)16-13-9(12(15)19)6-8-3-2-4-10(8)17-13/h6-7H,2-5H2,1H3,(H2,14,18)(H2,15,19)(H,16,17). The van der Waals surface area contributed by atoms with Gasteiger partial charge in [-0.2, -0.15) is 0 Å². The molecule has 1 aromatic rings. The molecule has 19 heavy (non-hydrogen) atoms. The van der Waals surface area contributed by atoms with Crippen molar-refractivity contribution in [3.63, 3.8) is 0 Å².